The van der Waals surface area contributed by atoms with Crippen LogP contribution in [0.5, 0.6) is 5.75 Å². The molecule has 2 aromatic carbocycles. The largest absolute Gasteiger partial charge is 0.481 e. The maximum atomic E-state index is 12.5. The molecule has 1 N–H and O–H groups in total. The van der Waals surface area contributed by atoms with Crippen molar-refractivity contribution in [1.82, 2.24) is 0 Å². The van der Waals surface area contributed by atoms with Crippen molar-refractivity contribution in [2.45, 2.75) is 26.1 Å². The summed E-state index contributed by atoms with van der Waals surface area (Å²) in [6.07, 6.45) is -5.18. The molecule has 1 atom stereocenters. The molecule has 0 fully saturated rings. The molecule has 2 rings (SSSR count). The molecule has 0 spiro atoms. The number of anilines is 1. The predicted octanol–water partition coefficient (Wildman–Crippen LogP) is 4.42. The van der Waals surface area contributed by atoms with Crippen LogP contribution in [0.4, 0.5) is 18.9 Å². The van der Waals surface area contributed by atoms with Gasteiger partial charge in [-0.25, -0.2) is 0 Å². The van der Waals surface area contributed by atoms with E-state index in [2.05, 4.69) is 5.32 Å². The van der Waals surface area contributed by atoms with E-state index in [0.29, 0.717) is 5.75 Å². The highest BCUT2D eigenvalue weighted by atomic mass is 19.4. The van der Waals surface area contributed by atoms with E-state index in [1.54, 1.807) is 19.1 Å². The quantitative estimate of drug-likeness (QED) is 0.904. The van der Waals surface area contributed by atoms with Crippen LogP contribution in [-0.4, -0.2) is 12.0 Å². The van der Waals surface area contributed by atoms with Crippen LogP contribution in [0.2, 0.25) is 0 Å². The van der Waals surface area contributed by atoms with Gasteiger partial charge >= 0.3 is 6.18 Å². The first-order valence-corrected chi connectivity index (χ1v) is 6.97. The fourth-order valence-corrected chi connectivity index (χ4v) is 1.93. The molecular weight excluding hydrogens is 307 g/mol. The number of aryl methyl sites for hydroxylation is 1. The fourth-order valence-electron chi connectivity index (χ4n) is 1.93. The molecular formula is C17H16F3NO2. The summed E-state index contributed by atoms with van der Waals surface area (Å²) in [6.45, 7) is 3.47. The topological polar surface area (TPSA) is 38.3 Å². The van der Waals surface area contributed by atoms with Crippen LogP contribution < -0.4 is 10.1 Å². The van der Waals surface area contributed by atoms with Gasteiger partial charge in [-0.3, -0.25) is 4.79 Å². The Morgan fingerprint density at radius 2 is 1.78 bits per heavy atom. The number of alkyl halides is 3. The number of nitrogens with one attached hydrogen (secondary N) is 1. The second kappa shape index (κ2) is 6.73. The van der Waals surface area contributed by atoms with E-state index in [1.165, 1.54) is 12.1 Å². The van der Waals surface area contributed by atoms with E-state index in [4.69, 9.17) is 4.74 Å². The van der Waals surface area contributed by atoms with Gasteiger partial charge < -0.3 is 10.1 Å². The lowest BCUT2D eigenvalue weighted by Gasteiger charge is -2.15. The van der Waals surface area contributed by atoms with Gasteiger partial charge in [0.05, 0.1) is 5.56 Å². The predicted molar refractivity (Wildman–Crippen MR) is 81.3 cm³/mol. The van der Waals surface area contributed by atoms with Crippen LogP contribution in [0.3, 0.4) is 0 Å². The van der Waals surface area contributed by atoms with E-state index in [-0.39, 0.29) is 5.69 Å². The van der Waals surface area contributed by atoms with Crippen LogP contribution in [0.1, 0.15) is 18.1 Å². The van der Waals surface area contributed by atoms with E-state index < -0.39 is 23.8 Å². The van der Waals surface area contributed by atoms with Crippen molar-refractivity contribution in [1.29, 1.82) is 0 Å². The first-order chi connectivity index (χ1) is 10.8. The van der Waals surface area contributed by atoms with E-state index in [9.17, 15) is 18.0 Å². The number of amides is 1. The summed E-state index contributed by atoms with van der Waals surface area (Å²) >= 11 is 0. The molecule has 0 radical (unpaired) electrons. The molecule has 0 aliphatic rings. The Kier molecular flexibility index (Phi) is 4.93. The van der Waals surface area contributed by atoms with Gasteiger partial charge in [0, 0.05) is 5.69 Å². The number of hydrogen-bond acceptors (Lipinski definition) is 2. The minimum atomic E-state index is -4.40. The van der Waals surface area contributed by atoms with Crippen molar-refractivity contribution in [3.63, 3.8) is 0 Å². The maximum absolute atomic E-state index is 12.5. The number of hydrogen-bond donors (Lipinski definition) is 1. The van der Waals surface area contributed by atoms with E-state index in [0.717, 1.165) is 17.7 Å². The molecule has 6 heteroatoms. The minimum absolute atomic E-state index is 0.280. The van der Waals surface area contributed by atoms with Crippen molar-refractivity contribution in [2.24, 2.45) is 0 Å². The molecule has 23 heavy (non-hydrogen) atoms. The lowest BCUT2D eigenvalue weighted by atomic mass is 10.2. The molecule has 0 unspecified atom stereocenters. The Bertz CT molecular complexity index is 681. The summed E-state index contributed by atoms with van der Waals surface area (Å²) in [5.74, 6) is 0.117. The highest BCUT2D eigenvalue weighted by Gasteiger charge is 2.30. The van der Waals surface area contributed by atoms with Crippen molar-refractivity contribution < 1.29 is 22.7 Å². The van der Waals surface area contributed by atoms with E-state index >= 15 is 0 Å². The molecule has 0 aromatic heterocycles. The molecule has 122 valence electrons. The van der Waals surface area contributed by atoms with Gasteiger partial charge in [0.25, 0.3) is 5.91 Å². The number of rotatable bonds is 4. The number of benzene rings is 2. The summed E-state index contributed by atoms with van der Waals surface area (Å²) < 4.78 is 42.9. The summed E-state index contributed by atoms with van der Waals surface area (Å²) in [5.41, 5.74) is 0.514. The number of carbonyl (C=O) groups excluding carboxylic acids is 1. The first-order valence-electron chi connectivity index (χ1n) is 6.97. The zero-order chi connectivity index (χ0) is 17.0. The highest BCUT2D eigenvalue weighted by Crippen LogP contribution is 2.29. The van der Waals surface area contributed by atoms with Crippen LogP contribution >= 0.6 is 0 Å². The van der Waals surface area contributed by atoms with Crippen LogP contribution in [0.15, 0.2) is 48.5 Å². The molecule has 2 aromatic rings. The van der Waals surface area contributed by atoms with Crippen LogP contribution in [0, 0.1) is 6.92 Å². The monoisotopic (exact) mass is 323 g/mol. The Morgan fingerprint density at radius 1 is 1.13 bits per heavy atom. The smallest absolute Gasteiger partial charge is 0.416 e. The molecule has 1 amide bonds. The summed E-state index contributed by atoms with van der Waals surface area (Å²) in [4.78, 5) is 12.0. The third-order valence-electron chi connectivity index (χ3n) is 3.15. The lowest BCUT2D eigenvalue weighted by Crippen LogP contribution is -2.30. The zero-order valence-corrected chi connectivity index (χ0v) is 12.6. The highest BCUT2D eigenvalue weighted by molar-refractivity contribution is 5.94. The average Bonchev–Trinajstić information content (AvgIpc) is 2.46. The number of ether oxygens (including phenoxy) is 1. The van der Waals surface area contributed by atoms with Crippen molar-refractivity contribution in [2.75, 3.05) is 5.32 Å². The normalized spacial score (nSPS) is 12.6. The lowest BCUT2D eigenvalue weighted by molar-refractivity contribution is -0.137. The van der Waals surface area contributed by atoms with Crippen LogP contribution in [0.25, 0.3) is 0 Å². The average molecular weight is 323 g/mol. The Balaban J connectivity index is 1.98. The van der Waals surface area contributed by atoms with Gasteiger partial charge in [0.2, 0.25) is 0 Å². The SMILES string of the molecule is Cc1cccc(O[C@@H](C)C(=O)Nc2ccc(C(F)(F)F)cc2)c1. The summed E-state index contributed by atoms with van der Waals surface area (Å²) in [7, 11) is 0. The summed E-state index contributed by atoms with van der Waals surface area (Å²) in [5, 5.41) is 2.52. The maximum Gasteiger partial charge on any atom is 0.416 e. The molecule has 3 nitrogen and oxygen atoms in total. The third kappa shape index (κ3) is 4.74. The molecule has 0 saturated carbocycles. The standard InChI is InChI=1S/C17H16F3NO2/c1-11-4-3-5-15(10-11)23-12(2)16(22)21-14-8-6-13(7-9-14)17(18,19)20/h3-10,12H,1-2H3,(H,21,22)/t12-/m0/s1. The zero-order valence-electron chi connectivity index (χ0n) is 12.6. The van der Waals surface area contributed by atoms with Crippen molar-refractivity contribution in [3.05, 3.63) is 59.7 Å². The number of carbonyl (C=O) groups is 1. The van der Waals surface area contributed by atoms with Gasteiger partial charge in [0.15, 0.2) is 6.10 Å². The molecule has 0 heterocycles. The van der Waals surface area contributed by atoms with Gasteiger partial charge in [0.1, 0.15) is 5.75 Å². The van der Waals surface area contributed by atoms with Gasteiger partial charge in [-0.2, -0.15) is 13.2 Å². The second-order valence-corrected chi connectivity index (χ2v) is 5.14. The second-order valence-electron chi connectivity index (χ2n) is 5.14. The fraction of sp³-hybridized carbons (Fsp3) is 0.235. The Hall–Kier alpha value is -2.50. The van der Waals surface area contributed by atoms with Crippen molar-refractivity contribution >= 4 is 11.6 Å². The molecule has 0 bridgehead atoms. The Morgan fingerprint density at radius 3 is 2.35 bits per heavy atom. The first kappa shape index (κ1) is 16.9. The Labute approximate surface area is 132 Å². The van der Waals surface area contributed by atoms with Crippen LogP contribution in [-0.2, 0) is 11.0 Å². The molecule has 0 aliphatic heterocycles. The summed E-state index contributed by atoms with van der Waals surface area (Å²) in [6, 6.07) is 11.5. The molecule has 0 aliphatic carbocycles. The van der Waals surface area contributed by atoms with Gasteiger partial charge in [-0.1, -0.05) is 12.1 Å². The van der Waals surface area contributed by atoms with E-state index in [1.807, 2.05) is 19.1 Å². The van der Waals surface area contributed by atoms with Crippen molar-refractivity contribution in [3.8, 4) is 5.75 Å². The molecule has 0 saturated heterocycles. The van der Waals surface area contributed by atoms with Gasteiger partial charge in [-0.15, -0.1) is 0 Å². The third-order valence-corrected chi connectivity index (χ3v) is 3.15. The minimum Gasteiger partial charge on any atom is -0.481 e. The number of halogens is 3. The van der Waals surface area contributed by atoms with Gasteiger partial charge in [-0.05, 0) is 55.8 Å².